The Balaban J connectivity index is 1.39. The number of nitrogens with zero attached hydrogens (tertiary/aromatic N) is 5. The van der Waals surface area contributed by atoms with Crippen LogP contribution in [-0.4, -0.2) is 32.6 Å². The van der Waals surface area contributed by atoms with Gasteiger partial charge in [0.2, 0.25) is 11.0 Å². The number of Topliss-reactive ketones (excluding diaryl/α,β-unsaturated/α-hetero) is 1. The number of rotatable bonds is 7. The molecule has 3 N–H and O–H groups in total. The number of nitriles is 1. The Hall–Kier alpha value is -4.54. The van der Waals surface area contributed by atoms with Gasteiger partial charge in [0.15, 0.2) is 10.1 Å². The fraction of sp³-hybridized carbons (Fsp3) is 0.222. The molecule has 40 heavy (non-hydrogen) atoms. The number of hydrogen-bond donors (Lipinski definition) is 2. The molecule has 1 aliphatic carbocycles. The maximum absolute atomic E-state index is 13.3. The molecule has 2 aromatic carbocycles. The van der Waals surface area contributed by atoms with Gasteiger partial charge >= 0.3 is 0 Å². The number of thioether (sulfide) groups is 1. The zero-order valence-electron chi connectivity index (χ0n) is 21.3. The fourth-order valence-corrected chi connectivity index (χ4v) is 6.54. The van der Waals surface area contributed by atoms with E-state index in [9.17, 15) is 25.0 Å². The quantitative estimate of drug-likeness (QED) is 0.228. The number of aromatic nitrogens is 2. The first-order valence-electron chi connectivity index (χ1n) is 12.3. The number of aryl methyl sites for hydroxylation is 1. The van der Waals surface area contributed by atoms with Crippen LogP contribution in [0.4, 0.5) is 16.5 Å². The first kappa shape index (κ1) is 27.0. The lowest BCUT2D eigenvalue weighted by Crippen LogP contribution is -2.38. The molecule has 3 aromatic rings. The van der Waals surface area contributed by atoms with Gasteiger partial charge < -0.3 is 11.1 Å². The molecule has 1 atom stereocenters. The average molecular weight is 574 g/mol. The summed E-state index contributed by atoms with van der Waals surface area (Å²) in [7, 11) is 0. The predicted molar refractivity (Wildman–Crippen MR) is 151 cm³/mol. The van der Waals surface area contributed by atoms with Crippen LogP contribution in [0.3, 0.4) is 0 Å². The van der Waals surface area contributed by atoms with Gasteiger partial charge in [-0.05, 0) is 31.4 Å². The molecule has 2 aliphatic rings. The van der Waals surface area contributed by atoms with Crippen molar-refractivity contribution in [1.82, 2.24) is 10.2 Å². The van der Waals surface area contributed by atoms with Crippen molar-refractivity contribution >= 4 is 51.3 Å². The number of nitrogens with two attached hydrogens (primary N) is 1. The number of anilines is 2. The van der Waals surface area contributed by atoms with E-state index in [4.69, 9.17) is 5.73 Å². The van der Waals surface area contributed by atoms with Crippen LogP contribution in [0.2, 0.25) is 0 Å². The monoisotopic (exact) mass is 573 g/mol. The van der Waals surface area contributed by atoms with Gasteiger partial charge in [0.05, 0.1) is 28.2 Å². The second-order valence-electron chi connectivity index (χ2n) is 9.23. The standard InChI is InChI=1S/C27H23N7O4S2/c1-15-5-2-6-16(11-15)23-19(13-28)25(29)33(20-9-4-10-21(35)24(20)23)26-31-32-27(40-26)39-14-22(36)30-17-7-3-8-18(12-17)34(37)38/h2-3,5-8,11-12,23H,4,9-10,14,29H2,1H3,(H,30,36). The first-order valence-corrected chi connectivity index (χ1v) is 14.1. The molecule has 0 saturated carbocycles. The fourth-order valence-electron chi connectivity index (χ4n) is 4.86. The number of amides is 1. The van der Waals surface area contributed by atoms with Crippen molar-refractivity contribution in [1.29, 1.82) is 5.26 Å². The van der Waals surface area contributed by atoms with E-state index >= 15 is 0 Å². The van der Waals surface area contributed by atoms with Gasteiger partial charge in [0, 0.05) is 35.5 Å². The minimum Gasteiger partial charge on any atom is -0.384 e. The minimum atomic E-state index is -0.553. The number of hydrogen-bond acceptors (Lipinski definition) is 11. The van der Waals surface area contributed by atoms with E-state index in [0.717, 1.165) is 28.6 Å². The number of carbonyl (C=O) groups excluding carboxylic acids is 2. The number of nitrogens with one attached hydrogen (secondary N) is 1. The van der Waals surface area contributed by atoms with E-state index in [1.165, 1.54) is 29.5 Å². The summed E-state index contributed by atoms with van der Waals surface area (Å²) in [6, 6.07) is 15.7. The van der Waals surface area contributed by atoms with E-state index in [2.05, 4.69) is 21.6 Å². The van der Waals surface area contributed by atoms with Gasteiger partial charge in [-0.3, -0.25) is 24.6 Å². The molecule has 0 spiro atoms. The third-order valence-electron chi connectivity index (χ3n) is 6.54. The van der Waals surface area contributed by atoms with Crippen LogP contribution in [-0.2, 0) is 9.59 Å². The Labute approximate surface area is 237 Å². The van der Waals surface area contributed by atoms with Gasteiger partial charge in [0.1, 0.15) is 5.82 Å². The number of carbonyl (C=O) groups is 2. The maximum atomic E-state index is 13.3. The number of allylic oxidation sites excluding steroid dienone is 3. The van der Waals surface area contributed by atoms with Gasteiger partial charge in [-0.25, -0.2) is 0 Å². The number of nitro groups is 1. The molecule has 0 saturated heterocycles. The Morgan fingerprint density at radius 1 is 1.27 bits per heavy atom. The van der Waals surface area contributed by atoms with E-state index in [1.807, 2.05) is 31.2 Å². The van der Waals surface area contributed by atoms with Crippen LogP contribution in [0.25, 0.3) is 0 Å². The summed E-state index contributed by atoms with van der Waals surface area (Å²) in [5, 5.41) is 32.6. The average Bonchev–Trinajstić information content (AvgIpc) is 3.40. The van der Waals surface area contributed by atoms with Crippen molar-refractivity contribution in [2.24, 2.45) is 5.73 Å². The number of ketones is 1. The zero-order valence-corrected chi connectivity index (χ0v) is 22.9. The van der Waals surface area contributed by atoms with Gasteiger partial charge in [0.25, 0.3) is 5.69 Å². The molecular weight excluding hydrogens is 550 g/mol. The normalized spacial score (nSPS) is 16.9. The van der Waals surface area contributed by atoms with Crippen molar-refractivity contribution < 1.29 is 14.5 Å². The van der Waals surface area contributed by atoms with Crippen LogP contribution < -0.4 is 16.0 Å². The van der Waals surface area contributed by atoms with Crippen molar-refractivity contribution in [3.05, 3.63) is 92.4 Å². The van der Waals surface area contributed by atoms with Crippen molar-refractivity contribution in [3.63, 3.8) is 0 Å². The second kappa shape index (κ2) is 11.3. The topological polar surface area (TPSA) is 168 Å². The van der Waals surface area contributed by atoms with Crippen LogP contribution in [0.1, 0.15) is 36.3 Å². The first-order chi connectivity index (χ1) is 19.3. The van der Waals surface area contributed by atoms with Crippen molar-refractivity contribution in [2.45, 2.75) is 36.4 Å². The molecule has 0 bridgehead atoms. The molecule has 1 amide bonds. The third kappa shape index (κ3) is 5.31. The van der Waals surface area contributed by atoms with Crippen LogP contribution in [0.15, 0.2) is 75.5 Å². The summed E-state index contributed by atoms with van der Waals surface area (Å²) in [6.07, 6.45) is 1.64. The largest absolute Gasteiger partial charge is 0.384 e. The molecule has 202 valence electrons. The molecule has 0 radical (unpaired) electrons. The Morgan fingerprint density at radius 3 is 2.83 bits per heavy atom. The summed E-state index contributed by atoms with van der Waals surface area (Å²) in [4.78, 5) is 37.8. The molecule has 2 heterocycles. The smallest absolute Gasteiger partial charge is 0.271 e. The molecular formula is C27H23N7O4S2. The molecule has 11 nitrogen and oxygen atoms in total. The highest BCUT2D eigenvalue weighted by atomic mass is 32.2. The Kier molecular flexibility index (Phi) is 7.63. The molecule has 5 rings (SSSR count). The van der Waals surface area contributed by atoms with Crippen LogP contribution in [0, 0.1) is 28.4 Å². The van der Waals surface area contributed by atoms with Crippen LogP contribution in [0.5, 0.6) is 0 Å². The molecule has 1 unspecified atom stereocenters. The van der Waals surface area contributed by atoms with E-state index in [1.54, 1.807) is 11.0 Å². The highest BCUT2D eigenvalue weighted by Crippen LogP contribution is 2.47. The summed E-state index contributed by atoms with van der Waals surface area (Å²) < 4.78 is 0.487. The van der Waals surface area contributed by atoms with E-state index < -0.39 is 10.8 Å². The maximum Gasteiger partial charge on any atom is 0.271 e. The minimum absolute atomic E-state index is 0.00600. The number of nitro benzene ring substituents is 1. The van der Waals surface area contributed by atoms with Crippen molar-refractivity contribution in [3.8, 4) is 6.07 Å². The SMILES string of the molecule is Cc1cccc(C2C(C#N)=C(N)N(c3nnc(SCC(=O)Nc4cccc([N+](=O)[O-])c4)s3)C3=C2C(=O)CCC3)c1. The third-order valence-corrected chi connectivity index (χ3v) is 8.59. The molecule has 1 aliphatic heterocycles. The lowest BCUT2D eigenvalue weighted by molar-refractivity contribution is -0.384. The van der Waals surface area contributed by atoms with Gasteiger partial charge in [-0.15, -0.1) is 10.2 Å². The summed E-state index contributed by atoms with van der Waals surface area (Å²) in [5.74, 6) is -0.736. The lowest BCUT2D eigenvalue weighted by atomic mass is 9.75. The van der Waals surface area contributed by atoms with E-state index in [0.29, 0.717) is 40.0 Å². The number of benzene rings is 2. The lowest BCUT2D eigenvalue weighted by Gasteiger charge is -2.38. The molecule has 13 heteroatoms. The molecule has 1 aromatic heterocycles. The summed E-state index contributed by atoms with van der Waals surface area (Å²) >= 11 is 2.34. The Morgan fingerprint density at radius 2 is 2.08 bits per heavy atom. The van der Waals surface area contributed by atoms with Gasteiger partial charge in [-0.1, -0.05) is 59.0 Å². The van der Waals surface area contributed by atoms with Crippen molar-refractivity contribution in [2.75, 3.05) is 16.0 Å². The second-order valence-corrected chi connectivity index (χ2v) is 11.4. The predicted octanol–water partition coefficient (Wildman–Crippen LogP) is 4.79. The zero-order chi connectivity index (χ0) is 28.4. The molecule has 0 fully saturated rings. The van der Waals surface area contributed by atoms with Crippen LogP contribution >= 0.6 is 23.1 Å². The summed E-state index contributed by atoms with van der Waals surface area (Å²) in [5.41, 5.74) is 10.2. The highest BCUT2D eigenvalue weighted by Gasteiger charge is 2.41. The summed E-state index contributed by atoms with van der Waals surface area (Å²) in [6.45, 7) is 1.96. The van der Waals surface area contributed by atoms with E-state index in [-0.39, 0.29) is 34.5 Å². The Bertz CT molecular complexity index is 1640. The van der Waals surface area contributed by atoms with Gasteiger partial charge in [-0.2, -0.15) is 5.26 Å². The highest BCUT2D eigenvalue weighted by molar-refractivity contribution is 8.01. The number of non-ortho nitro benzene ring substituents is 1.